The molecule has 1 amide bonds. The summed E-state index contributed by atoms with van der Waals surface area (Å²) in [5.74, 6) is 0.477. The van der Waals surface area contributed by atoms with Crippen LogP contribution in [0.25, 0.3) is 0 Å². The van der Waals surface area contributed by atoms with Gasteiger partial charge in [-0.3, -0.25) is 9.78 Å². The van der Waals surface area contributed by atoms with Crippen LogP contribution in [0, 0.1) is 20.8 Å². The van der Waals surface area contributed by atoms with Crippen LogP contribution < -0.4 is 0 Å². The standard InChI is InChI=1S/C16H19N5O2/c1-10-6-11(2)20-15(19-10)14-9-21(4-5-23-14)16(22)13-8-17-12(3)7-18-13/h6-8,14H,4-5,9H2,1-3H3. The summed E-state index contributed by atoms with van der Waals surface area (Å²) in [5.41, 5.74) is 2.91. The van der Waals surface area contributed by atoms with Crippen molar-refractivity contribution in [1.82, 2.24) is 24.8 Å². The summed E-state index contributed by atoms with van der Waals surface area (Å²) in [6, 6.07) is 1.91. The Morgan fingerprint density at radius 2 is 1.87 bits per heavy atom. The molecule has 0 aliphatic carbocycles. The maximum atomic E-state index is 12.5. The van der Waals surface area contributed by atoms with Crippen LogP contribution in [0.1, 0.15) is 39.5 Å². The zero-order valence-corrected chi connectivity index (χ0v) is 13.5. The highest BCUT2D eigenvalue weighted by atomic mass is 16.5. The maximum Gasteiger partial charge on any atom is 0.274 e. The van der Waals surface area contributed by atoms with Gasteiger partial charge >= 0.3 is 0 Å². The van der Waals surface area contributed by atoms with Gasteiger partial charge in [0, 0.05) is 24.1 Å². The van der Waals surface area contributed by atoms with Crippen LogP contribution in [0.2, 0.25) is 0 Å². The number of rotatable bonds is 2. The summed E-state index contributed by atoms with van der Waals surface area (Å²) in [5, 5.41) is 0. The lowest BCUT2D eigenvalue weighted by molar-refractivity contribution is -0.0271. The molecule has 1 unspecified atom stereocenters. The predicted molar refractivity (Wildman–Crippen MR) is 82.9 cm³/mol. The van der Waals surface area contributed by atoms with E-state index in [4.69, 9.17) is 4.74 Å². The summed E-state index contributed by atoms with van der Waals surface area (Å²) in [6.07, 6.45) is 2.79. The molecule has 3 rings (SSSR count). The number of hydrogen-bond acceptors (Lipinski definition) is 6. The monoisotopic (exact) mass is 313 g/mol. The van der Waals surface area contributed by atoms with Gasteiger partial charge in [-0.1, -0.05) is 0 Å². The van der Waals surface area contributed by atoms with Crippen molar-refractivity contribution >= 4 is 5.91 Å². The molecule has 3 heterocycles. The van der Waals surface area contributed by atoms with Crippen LogP contribution in [0.4, 0.5) is 0 Å². The molecule has 1 aliphatic rings. The molecule has 0 spiro atoms. The van der Waals surface area contributed by atoms with E-state index in [0.29, 0.717) is 31.2 Å². The number of amides is 1. The van der Waals surface area contributed by atoms with E-state index in [1.54, 1.807) is 11.1 Å². The maximum absolute atomic E-state index is 12.5. The third-order valence-electron chi connectivity index (χ3n) is 3.64. The topological polar surface area (TPSA) is 81.1 Å². The van der Waals surface area contributed by atoms with Crippen molar-refractivity contribution in [3.05, 3.63) is 47.1 Å². The molecule has 0 bridgehead atoms. The molecule has 1 atom stereocenters. The Morgan fingerprint density at radius 3 is 2.52 bits per heavy atom. The molecular formula is C16H19N5O2. The van der Waals surface area contributed by atoms with Gasteiger partial charge in [-0.05, 0) is 26.8 Å². The lowest BCUT2D eigenvalue weighted by Gasteiger charge is -2.32. The Bertz CT molecular complexity index is 697. The number of nitrogens with zero attached hydrogens (tertiary/aromatic N) is 5. The fourth-order valence-electron chi connectivity index (χ4n) is 2.55. The molecule has 1 saturated heterocycles. The van der Waals surface area contributed by atoms with Gasteiger partial charge in [0.05, 0.1) is 25.0 Å². The van der Waals surface area contributed by atoms with Gasteiger partial charge in [0.1, 0.15) is 11.8 Å². The lowest BCUT2D eigenvalue weighted by Crippen LogP contribution is -2.43. The quantitative estimate of drug-likeness (QED) is 0.834. The fraction of sp³-hybridized carbons (Fsp3) is 0.438. The Morgan fingerprint density at radius 1 is 1.13 bits per heavy atom. The van der Waals surface area contributed by atoms with Crippen LogP contribution >= 0.6 is 0 Å². The smallest absolute Gasteiger partial charge is 0.274 e. The average Bonchev–Trinajstić information content (AvgIpc) is 2.54. The van der Waals surface area contributed by atoms with Crippen molar-refractivity contribution in [1.29, 1.82) is 0 Å². The van der Waals surface area contributed by atoms with E-state index >= 15 is 0 Å². The Hall–Kier alpha value is -2.41. The number of carbonyl (C=O) groups excluding carboxylic acids is 1. The first-order valence-corrected chi connectivity index (χ1v) is 7.54. The van der Waals surface area contributed by atoms with Crippen LogP contribution in [-0.4, -0.2) is 50.4 Å². The van der Waals surface area contributed by atoms with Crippen LogP contribution in [0.15, 0.2) is 18.5 Å². The summed E-state index contributed by atoms with van der Waals surface area (Å²) in [7, 11) is 0. The first-order valence-electron chi connectivity index (χ1n) is 7.54. The second-order valence-corrected chi connectivity index (χ2v) is 5.66. The first kappa shape index (κ1) is 15.5. The van der Waals surface area contributed by atoms with Crippen molar-refractivity contribution in [3.8, 4) is 0 Å². The third kappa shape index (κ3) is 3.50. The summed E-state index contributed by atoms with van der Waals surface area (Å²) in [4.78, 5) is 31.4. The number of morpholine rings is 1. The zero-order chi connectivity index (χ0) is 16.4. The van der Waals surface area contributed by atoms with E-state index in [1.807, 2.05) is 26.8 Å². The second kappa shape index (κ2) is 6.37. The van der Waals surface area contributed by atoms with Gasteiger partial charge in [0.2, 0.25) is 0 Å². The van der Waals surface area contributed by atoms with Crippen LogP contribution in [0.5, 0.6) is 0 Å². The molecule has 7 nitrogen and oxygen atoms in total. The third-order valence-corrected chi connectivity index (χ3v) is 3.64. The summed E-state index contributed by atoms with van der Waals surface area (Å²) < 4.78 is 5.75. The molecule has 120 valence electrons. The molecule has 2 aromatic heterocycles. The van der Waals surface area contributed by atoms with Gasteiger partial charge < -0.3 is 9.64 Å². The predicted octanol–water partition coefficient (Wildman–Crippen LogP) is 1.41. The van der Waals surface area contributed by atoms with E-state index < -0.39 is 0 Å². The van der Waals surface area contributed by atoms with E-state index in [1.165, 1.54) is 6.20 Å². The Balaban J connectivity index is 1.77. The van der Waals surface area contributed by atoms with Crippen molar-refractivity contribution in [2.75, 3.05) is 19.7 Å². The molecule has 0 saturated carbocycles. The summed E-state index contributed by atoms with van der Waals surface area (Å²) >= 11 is 0. The number of carbonyl (C=O) groups is 1. The molecule has 0 aromatic carbocycles. The molecule has 0 radical (unpaired) electrons. The van der Waals surface area contributed by atoms with Crippen LogP contribution in [0.3, 0.4) is 0 Å². The molecule has 2 aromatic rings. The number of hydrogen-bond donors (Lipinski definition) is 0. The van der Waals surface area contributed by atoms with Gasteiger partial charge in [0.15, 0.2) is 5.82 Å². The molecule has 23 heavy (non-hydrogen) atoms. The van der Waals surface area contributed by atoms with Crippen LogP contribution in [-0.2, 0) is 4.74 Å². The average molecular weight is 313 g/mol. The van der Waals surface area contributed by atoms with E-state index in [0.717, 1.165) is 17.1 Å². The molecule has 0 N–H and O–H groups in total. The molecule has 1 aliphatic heterocycles. The van der Waals surface area contributed by atoms with Crippen molar-refractivity contribution in [3.63, 3.8) is 0 Å². The van der Waals surface area contributed by atoms with Gasteiger partial charge in [-0.2, -0.15) is 0 Å². The number of aromatic nitrogens is 4. The number of aryl methyl sites for hydroxylation is 3. The summed E-state index contributed by atoms with van der Waals surface area (Å²) in [6.45, 7) is 7.07. The minimum Gasteiger partial charge on any atom is -0.367 e. The SMILES string of the molecule is Cc1cnc(C(=O)N2CCOC(c3nc(C)cc(C)n3)C2)cn1. The second-order valence-electron chi connectivity index (χ2n) is 5.66. The first-order chi connectivity index (χ1) is 11.0. The van der Waals surface area contributed by atoms with Crippen molar-refractivity contribution < 1.29 is 9.53 Å². The van der Waals surface area contributed by atoms with Crippen molar-refractivity contribution in [2.45, 2.75) is 26.9 Å². The minimum atomic E-state index is -0.315. The normalized spacial score (nSPS) is 18.0. The Labute approximate surface area is 134 Å². The highest BCUT2D eigenvalue weighted by Gasteiger charge is 2.28. The highest BCUT2D eigenvalue weighted by molar-refractivity contribution is 5.92. The molecule has 7 heteroatoms. The molecule has 1 fully saturated rings. The highest BCUT2D eigenvalue weighted by Crippen LogP contribution is 2.21. The molecular weight excluding hydrogens is 294 g/mol. The van der Waals surface area contributed by atoms with E-state index in [2.05, 4.69) is 19.9 Å². The Kier molecular flexibility index (Phi) is 4.29. The zero-order valence-electron chi connectivity index (χ0n) is 13.5. The van der Waals surface area contributed by atoms with E-state index in [9.17, 15) is 4.79 Å². The van der Waals surface area contributed by atoms with Gasteiger partial charge in [0.25, 0.3) is 5.91 Å². The van der Waals surface area contributed by atoms with Gasteiger partial charge in [-0.15, -0.1) is 0 Å². The minimum absolute atomic E-state index is 0.143. The largest absolute Gasteiger partial charge is 0.367 e. The number of ether oxygens (including phenoxy) is 1. The van der Waals surface area contributed by atoms with Gasteiger partial charge in [-0.25, -0.2) is 15.0 Å². The lowest BCUT2D eigenvalue weighted by atomic mass is 10.2. The van der Waals surface area contributed by atoms with E-state index in [-0.39, 0.29) is 12.0 Å². The fourth-order valence-corrected chi connectivity index (χ4v) is 2.55. The van der Waals surface area contributed by atoms with Crippen molar-refractivity contribution in [2.24, 2.45) is 0 Å².